The van der Waals surface area contributed by atoms with Gasteiger partial charge in [0.2, 0.25) is 22.1 Å². The fraction of sp³-hybridized carbons (Fsp3) is 0.259. The molecule has 0 aliphatic carbocycles. The van der Waals surface area contributed by atoms with E-state index in [9.17, 15) is 5.11 Å². The van der Waals surface area contributed by atoms with Crippen molar-refractivity contribution in [3.05, 3.63) is 169 Å². The van der Waals surface area contributed by atoms with Crippen molar-refractivity contribution in [3.63, 3.8) is 0 Å². The number of fused-ring (bicyclic) bond motifs is 12. The number of para-hydroxylation sites is 8. The zero-order chi connectivity index (χ0) is 45.0. The van der Waals surface area contributed by atoms with Crippen LogP contribution in [-0.4, -0.2) is 42.8 Å². The number of aromatic nitrogens is 9. The summed E-state index contributed by atoms with van der Waals surface area (Å²) in [7, 11) is 12.8. The molecule has 6 heterocycles. The average molecular weight is 1310 g/mol. The number of rotatable bonds is 0. The Hall–Kier alpha value is -4.27. The van der Waals surface area contributed by atoms with Crippen molar-refractivity contribution in [3.8, 4) is 5.69 Å². The maximum Gasteiger partial charge on any atom is 1.00 e. The monoisotopic (exact) mass is 1310 g/mol. The van der Waals surface area contributed by atoms with Crippen LogP contribution in [0.2, 0.25) is 0 Å². The van der Waals surface area contributed by atoms with Crippen molar-refractivity contribution in [2.24, 2.45) is 28.2 Å². The van der Waals surface area contributed by atoms with E-state index in [1.54, 1.807) is 40.8 Å². The van der Waals surface area contributed by atoms with Crippen molar-refractivity contribution in [1.29, 1.82) is 0 Å². The van der Waals surface area contributed by atoms with E-state index >= 15 is 0 Å². The second kappa shape index (κ2) is 26.1. The van der Waals surface area contributed by atoms with Crippen molar-refractivity contribution < 1.29 is 77.0 Å². The Bertz CT molecular complexity index is 3190. The molecule has 0 N–H and O–H groups in total. The van der Waals surface area contributed by atoms with E-state index in [4.69, 9.17) is 4.98 Å². The molecule has 68 heavy (non-hydrogen) atoms. The first-order chi connectivity index (χ1) is 30.2. The second-order valence-corrected chi connectivity index (χ2v) is 16.8. The number of imidazole rings is 5. The molecule has 10 nitrogen and oxygen atoms in total. The van der Waals surface area contributed by atoms with E-state index in [-0.39, 0.29) is 74.2 Å². The zero-order valence-electron chi connectivity index (χ0n) is 38.5. The van der Waals surface area contributed by atoms with Crippen LogP contribution in [0, 0.1) is 13.8 Å². The van der Waals surface area contributed by atoms with Gasteiger partial charge in [0.05, 0.1) is 16.7 Å². The topological polar surface area (TPSA) is 92.0 Å². The molecule has 1 radical (unpaired) electrons. The third kappa shape index (κ3) is 13.5. The summed E-state index contributed by atoms with van der Waals surface area (Å²) in [5.74, 6) is 1.94. The Morgan fingerprint density at radius 2 is 0.971 bits per heavy atom. The van der Waals surface area contributed by atoms with Gasteiger partial charge < -0.3 is 19.5 Å². The Labute approximate surface area is 456 Å². The molecule has 11 aromatic rings. The average Bonchev–Trinajstić information content (AvgIpc) is 4.10. The molecule has 12 rings (SSSR count). The molecule has 0 saturated carbocycles. The molecule has 0 bridgehead atoms. The van der Waals surface area contributed by atoms with Gasteiger partial charge in [0.1, 0.15) is 5.82 Å². The molecule has 1 aliphatic rings. The first kappa shape index (κ1) is 59.9. The Morgan fingerprint density at radius 1 is 0.574 bits per heavy atom. The Balaban J connectivity index is 0.000000295. The fourth-order valence-corrected chi connectivity index (χ4v) is 7.90. The molecule has 6 aromatic carbocycles. The molecule has 361 valence electrons. The molecule has 0 spiro atoms. The standard InChI is InChI=1S/C15H12N2.C14H10N3.2C9H11N2.C4H9O.3CH4.2Au.ClH.Na/c1-10-6-7-11-9-15-16-12-4-2-3-5-13(12)17(15)14(11)8-10;1-9-6-7-11-13(8-9)17-12-5-3-2-4-10(12)15-14(17)16-11;2*1-10-7-11(2)9-6-4-3-5-8(9)10;1-4(2,3)5;;;;;;;/h2-8H,9H2,1H3;2-8H,1H3;2*3-7H,1-2H3;1-3H3;3*1H4;;;1H;/q;-1;2*+1;-1;;;;;+1;;+1/p-1. The molecule has 0 amide bonds. The molecule has 0 saturated heterocycles. The van der Waals surface area contributed by atoms with E-state index in [1.807, 2.05) is 30.3 Å². The van der Waals surface area contributed by atoms with Crippen molar-refractivity contribution in [2.75, 3.05) is 0 Å². The van der Waals surface area contributed by atoms with Gasteiger partial charge >= 0.3 is 58.7 Å². The summed E-state index contributed by atoms with van der Waals surface area (Å²) >= 11 is 1.75. The van der Waals surface area contributed by atoms with Crippen LogP contribution in [0.25, 0.3) is 66.6 Å². The minimum atomic E-state index is -0.750. The largest absolute Gasteiger partial charge is 1.00 e. The molecule has 14 heteroatoms. The number of halogens is 1. The number of benzene rings is 6. The summed E-state index contributed by atoms with van der Waals surface area (Å²) in [5, 5.41) is 10.1. The van der Waals surface area contributed by atoms with Gasteiger partial charge in [-0.2, -0.15) is 0 Å². The molecule has 0 atom stereocenters. The minimum absolute atomic E-state index is 0. The summed E-state index contributed by atoms with van der Waals surface area (Å²) in [6.07, 6.45) is 5.10. The molecule has 5 aromatic heterocycles. The van der Waals surface area contributed by atoms with E-state index in [0.29, 0.717) is 0 Å². The quantitative estimate of drug-likeness (QED) is 0.112. The van der Waals surface area contributed by atoms with Gasteiger partial charge in [-0.15, -0.1) is 5.60 Å². The van der Waals surface area contributed by atoms with Crippen molar-refractivity contribution >= 4 is 70.1 Å². The second-order valence-electron chi connectivity index (χ2n) is 16.8. The van der Waals surface area contributed by atoms with Crippen LogP contribution in [0.5, 0.6) is 0 Å². The number of aryl methyl sites for hydroxylation is 6. The van der Waals surface area contributed by atoms with Gasteiger partial charge in [0.25, 0.3) is 0 Å². The van der Waals surface area contributed by atoms with Crippen LogP contribution in [0.1, 0.15) is 65.6 Å². The third-order valence-corrected chi connectivity index (χ3v) is 10.6. The maximum absolute atomic E-state index is 10.1. The SMILES string of the molecule is C.C.C.CC(C)(C)[O-].Cc1ccc2[n-]c3nc4ccccc4n3c2c1.Cc1ccc2c(c1)-n1c(nc3ccccc31)C2.Cn1[cH+]n(C)c2ccccc21.Cn1[cH+]n(C)c2ccccc21.[Au].[Cl][Au].[Na+]. The van der Waals surface area contributed by atoms with E-state index < -0.39 is 5.60 Å². The van der Waals surface area contributed by atoms with Gasteiger partial charge in [-0.05, 0) is 73.5 Å². The summed E-state index contributed by atoms with van der Waals surface area (Å²) < 4.78 is 12.9. The predicted octanol–water partition coefficient (Wildman–Crippen LogP) is 9.48. The minimum Gasteiger partial charge on any atom is 1.00 e. The molecule has 0 fully saturated rings. The normalized spacial score (nSPS) is 10.6. The van der Waals surface area contributed by atoms with Crippen LogP contribution in [0.3, 0.4) is 0 Å². The van der Waals surface area contributed by atoms with E-state index in [2.05, 4.69) is 204 Å². The molecular weight excluding hydrogens is 1240 g/mol. The van der Waals surface area contributed by atoms with Crippen LogP contribution in [-0.2, 0) is 77.0 Å². The first-order valence-electron chi connectivity index (χ1n) is 20.7. The number of hydrogen-bond donors (Lipinski definition) is 0. The summed E-state index contributed by atoms with van der Waals surface area (Å²) in [5.41, 5.74) is 16.1. The first-order valence-corrected chi connectivity index (χ1v) is 23.4. The zero-order valence-corrected chi connectivity index (χ0v) is 45.6. The summed E-state index contributed by atoms with van der Waals surface area (Å²) in [6, 6.07) is 46.1. The third-order valence-electron chi connectivity index (χ3n) is 10.6. The van der Waals surface area contributed by atoms with Crippen LogP contribution < -0.4 is 39.6 Å². The van der Waals surface area contributed by atoms with Gasteiger partial charge in [-0.1, -0.05) is 109 Å². The van der Waals surface area contributed by atoms with Gasteiger partial charge in [-0.3, -0.25) is 4.57 Å². The van der Waals surface area contributed by atoms with E-state index in [0.717, 1.165) is 45.6 Å². The van der Waals surface area contributed by atoms with Crippen LogP contribution in [0.15, 0.2) is 146 Å². The molecular formula is C54H65Au2ClN9NaO+. The van der Waals surface area contributed by atoms with Gasteiger partial charge in [0, 0.05) is 109 Å². The maximum atomic E-state index is 10.1. The molecule has 0 unspecified atom stereocenters. The van der Waals surface area contributed by atoms with Crippen molar-refractivity contribution in [1.82, 2.24) is 42.2 Å². The van der Waals surface area contributed by atoms with Crippen LogP contribution >= 0.6 is 9.19 Å². The van der Waals surface area contributed by atoms with Crippen molar-refractivity contribution in [2.45, 2.75) is 68.9 Å². The molecule has 1 aliphatic heterocycles. The smallest absolute Gasteiger partial charge is 1.00 e. The number of nitrogens with zero attached hydrogens (tertiary/aromatic N) is 9. The fourth-order valence-electron chi connectivity index (χ4n) is 7.90. The van der Waals surface area contributed by atoms with Gasteiger partial charge in [0.15, 0.2) is 12.7 Å². The number of hydrogen-bond acceptors (Lipinski definition) is 3. The van der Waals surface area contributed by atoms with E-state index in [1.165, 1.54) is 50.0 Å². The Morgan fingerprint density at radius 3 is 1.46 bits per heavy atom. The Kier molecular flexibility index (Phi) is 23.0. The predicted molar refractivity (Wildman–Crippen MR) is 275 cm³/mol. The van der Waals surface area contributed by atoms with Crippen LogP contribution in [0.4, 0.5) is 0 Å². The summed E-state index contributed by atoms with van der Waals surface area (Å²) in [4.78, 5) is 13.8. The van der Waals surface area contributed by atoms with Gasteiger partial charge in [-0.25, -0.2) is 23.3 Å². The summed E-state index contributed by atoms with van der Waals surface area (Å²) in [6.45, 7) is 9.13.